The molecule has 0 spiro atoms. The van der Waals surface area contributed by atoms with Crippen molar-refractivity contribution in [1.82, 2.24) is 15.5 Å². The van der Waals surface area contributed by atoms with Crippen molar-refractivity contribution in [3.8, 4) is 0 Å². The number of urea groups is 1. The van der Waals surface area contributed by atoms with Gasteiger partial charge < -0.3 is 20.6 Å². The average molecular weight is 359 g/mol. The molecular weight excluding hydrogens is 330 g/mol. The normalized spacial score (nSPS) is 26.0. The number of carbonyl (C=O) groups excluding carboxylic acids is 2. The lowest BCUT2D eigenvalue weighted by molar-refractivity contribution is -0.127. The number of carbonyl (C=O) groups is 2. The fourth-order valence-corrected chi connectivity index (χ4v) is 3.81. The van der Waals surface area contributed by atoms with Gasteiger partial charge in [0.05, 0.1) is 6.10 Å². The van der Waals surface area contributed by atoms with Gasteiger partial charge in [-0.15, -0.1) is 0 Å². The summed E-state index contributed by atoms with van der Waals surface area (Å²) < 4.78 is 0. The van der Waals surface area contributed by atoms with Crippen molar-refractivity contribution >= 4 is 11.9 Å². The highest BCUT2D eigenvalue weighted by atomic mass is 16.3. The molecule has 3 amide bonds. The molecule has 1 saturated carbocycles. The van der Waals surface area contributed by atoms with Gasteiger partial charge in [-0.1, -0.05) is 30.3 Å². The van der Waals surface area contributed by atoms with Crippen LogP contribution in [0.4, 0.5) is 4.79 Å². The average Bonchev–Trinajstić information content (AvgIpc) is 3.01. The van der Waals surface area contributed by atoms with Gasteiger partial charge in [-0.05, 0) is 37.7 Å². The van der Waals surface area contributed by atoms with E-state index in [1.54, 1.807) is 0 Å². The molecule has 6 heteroatoms. The first kappa shape index (κ1) is 18.7. The van der Waals surface area contributed by atoms with Crippen LogP contribution in [0.2, 0.25) is 0 Å². The molecule has 0 aromatic heterocycles. The maximum Gasteiger partial charge on any atom is 0.315 e. The van der Waals surface area contributed by atoms with Crippen molar-refractivity contribution in [3.05, 3.63) is 35.9 Å². The van der Waals surface area contributed by atoms with Crippen LogP contribution in [-0.2, 0) is 11.2 Å². The van der Waals surface area contributed by atoms with Gasteiger partial charge in [-0.3, -0.25) is 4.79 Å². The second kappa shape index (κ2) is 9.03. The van der Waals surface area contributed by atoms with Gasteiger partial charge in [0.1, 0.15) is 0 Å². The number of nitrogens with zero attached hydrogens (tertiary/aromatic N) is 1. The summed E-state index contributed by atoms with van der Waals surface area (Å²) in [5.74, 6) is 0.353. The van der Waals surface area contributed by atoms with Gasteiger partial charge in [0, 0.05) is 38.0 Å². The van der Waals surface area contributed by atoms with E-state index < -0.39 is 0 Å². The van der Waals surface area contributed by atoms with Crippen LogP contribution in [-0.4, -0.2) is 53.7 Å². The lowest BCUT2D eigenvalue weighted by atomic mass is 9.93. The fourth-order valence-electron chi connectivity index (χ4n) is 3.81. The first-order chi connectivity index (χ1) is 12.6. The van der Waals surface area contributed by atoms with Crippen LogP contribution in [0, 0.1) is 5.92 Å². The molecule has 1 unspecified atom stereocenters. The molecule has 1 aromatic carbocycles. The predicted molar refractivity (Wildman–Crippen MR) is 99.6 cm³/mol. The van der Waals surface area contributed by atoms with Crippen molar-refractivity contribution in [2.24, 2.45) is 5.92 Å². The fraction of sp³-hybridized carbons (Fsp3) is 0.600. The Balaban J connectivity index is 1.35. The molecule has 3 N–H and O–H groups in total. The highest BCUT2D eigenvalue weighted by molar-refractivity contribution is 5.79. The maximum atomic E-state index is 12.2. The molecule has 1 saturated heterocycles. The first-order valence-electron chi connectivity index (χ1n) is 9.64. The molecule has 142 valence electrons. The van der Waals surface area contributed by atoms with Crippen molar-refractivity contribution in [3.63, 3.8) is 0 Å². The number of nitrogens with one attached hydrogen (secondary N) is 2. The molecule has 1 aliphatic carbocycles. The number of hydrogen-bond donors (Lipinski definition) is 3. The van der Waals surface area contributed by atoms with E-state index in [0.717, 1.165) is 38.6 Å². The van der Waals surface area contributed by atoms with Gasteiger partial charge in [0.15, 0.2) is 0 Å². The summed E-state index contributed by atoms with van der Waals surface area (Å²) >= 11 is 0. The minimum atomic E-state index is -0.220. The Morgan fingerprint density at radius 1 is 1.15 bits per heavy atom. The summed E-state index contributed by atoms with van der Waals surface area (Å²) in [6.45, 7) is 1.96. The van der Waals surface area contributed by atoms with E-state index >= 15 is 0 Å². The molecule has 2 fully saturated rings. The molecule has 1 heterocycles. The Kier molecular flexibility index (Phi) is 6.50. The van der Waals surface area contributed by atoms with Crippen molar-refractivity contribution in [2.75, 3.05) is 19.6 Å². The summed E-state index contributed by atoms with van der Waals surface area (Å²) in [6.07, 6.45) is 4.29. The zero-order valence-corrected chi connectivity index (χ0v) is 15.2. The van der Waals surface area contributed by atoms with Crippen LogP contribution in [0.5, 0.6) is 0 Å². The van der Waals surface area contributed by atoms with Crippen LogP contribution >= 0.6 is 0 Å². The quantitative estimate of drug-likeness (QED) is 0.723. The smallest absolute Gasteiger partial charge is 0.315 e. The van der Waals surface area contributed by atoms with Crippen LogP contribution < -0.4 is 10.6 Å². The maximum absolute atomic E-state index is 12.2. The van der Waals surface area contributed by atoms with Gasteiger partial charge in [0.25, 0.3) is 0 Å². The molecule has 1 aliphatic heterocycles. The van der Waals surface area contributed by atoms with E-state index in [1.807, 2.05) is 23.1 Å². The van der Waals surface area contributed by atoms with Gasteiger partial charge >= 0.3 is 6.03 Å². The molecule has 1 aromatic rings. The first-order valence-corrected chi connectivity index (χ1v) is 9.64. The largest absolute Gasteiger partial charge is 0.393 e. The molecule has 6 nitrogen and oxygen atoms in total. The molecule has 3 rings (SSSR count). The zero-order chi connectivity index (χ0) is 18.4. The molecule has 1 atom stereocenters. The minimum absolute atomic E-state index is 0.144. The Labute approximate surface area is 155 Å². The summed E-state index contributed by atoms with van der Waals surface area (Å²) in [5.41, 5.74) is 1.24. The van der Waals surface area contributed by atoms with E-state index in [0.29, 0.717) is 19.5 Å². The van der Waals surface area contributed by atoms with Crippen LogP contribution in [0.15, 0.2) is 30.3 Å². The number of aliphatic hydroxyl groups excluding tert-OH is 1. The highest BCUT2D eigenvalue weighted by Crippen LogP contribution is 2.19. The second-order valence-electron chi connectivity index (χ2n) is 7.51. The second-order valence-corrected chi connectivity index (χ2v) is 7.51. The zero-order valence-electron chi connectivity index (χ0n) is 15.2. The van der Waals surface area contributed by atoms with Gasteiger partial charge in [-0.2, -0.15) is 0 Å². The van der Waals surface area contributed by atoms with E-state index in [1.165, 1.54) is 5.56 Å². The third kappa shape index (κ3) is 5.46. The number of amides is 3. The Hall–Kier alpha value is -2.08. The Morgan fingerprint density at radius 3 is 2.62 bits per heavy atom. The SMILES string of the molecule is O=C(NCC1CC(=O)N(CCc2ccccc2)C1)NC1CCC(O)CC1. The lowest BCUT2D eigenvalue weighted by Gasteiger charge is -2.26. The van der Waals surface area contributed by atoms with E-state index in [4.69, 9.17) is 0 Å². The molecule has 2 aliphatic rings. The third-order valence-electron chi connectivity index (χ3n) is 5.39. The van der Waals surface area contributed by atoms with E-state index in [-0.39, 0.29) is 30.0 Å². The predicted octanol–water partition coefficient (Wildman–Crippen LogP) is 1.68. The minimum Gasteiger partial charge on any atom is -0.393 e. The van der Waals surface area contributed by atoms with Gasteiger partial charge in [0.2, 0.25) is 5.91 Å². The number of likely N-dealkylation sites (tertiary alicyclic amines) is 1. The van der Waals surface area contributed by atoms with Crippen molar-refractivity contribution in [2.45, 2.75) is 50.7 Å². The summed E-state index contributed by atoms with van der Waals surface area (Å²) in [6, 6.07) is 10.2. The Morgan fingerprint density at radius 2 is 1.88 bits per heavy atom. The van der Waals surface area contributed by atoms with Crippen LogP contribution in [0.3, 0.4) is 0 Å². The standard InChI is InChI=1S/C20H29N3O3/c24-18-8-6-17(7-9-18)22-20(26)21-13-16-12-19(25)23(14-16)11-10-15-4-2-1-3-5-15/h1-5,16-18,24H,6-14H2,(H2,21,22,26). The number of rotatable bonds is 6. The number of aliphatic hydroxyl groups is 1. The molecular formula is C20H29N3O3. The topological polar surface area (TPSA) is 81.7 Å². The highest BCUT2D eigenvalue weighted by Gasteiger charge is 2.29. The van der Waals surface area contributed by atoms with Crippen LogP contribution in [0.1, 0.15) is 37.7 Å². The van der Waals surface area contributed by atoms with E-state index in [9.17, 15) is 14.7 Å². The molecule has 26 heavy (non-hydrogen) atoms. The Bertz CT molecular complexity index is 600. The van der Waals surface area contributed by atoms with Crippen molar-refractivity contribution < 1.29 is 14.7 Å². The number of benzene rings is 1. The van der Waals surface area contributed by atoms with E-state index in [2.05, 4.69) is 22.8 Å². The number of hydrogen-bond acceptors (Lipinski definition) is 3. The summed E-state index contributed by atoms with van der Waals surface area (Å²) in [5, 5.41) is 15.4. The van der Waals surface area contributed by atoms with Gasteiger partial charge in [-0.25, -0.2) is 4.79 Å². The monoisotopic (exact) mass is 359 g/mol. The molecule has 0 bridgehead atoms. The van der Waals surface area contributed by atoms with Crippen LogP contribution in [0.25, 0.3) is 0 Å². The lowest BCUT2D eigenvalue weighted by Crippen LogP contribution is -2.45. The summed E-state index contributed by atoms with van der Waals surface area (Å²) in [7, 11) is 0. The summed E-state index contributed by atoms with van der Waals surface area (Å²) in [4.78, 5) is 26.1. The third-order valence-corrected chi connectivity index (χ3v) is 5.39. The van der Waals surface area contributed by atoms with Crippen molar-refractivity contribution in [1.29, 1.82) is 0 Å². The molecule has 0 radical (unpaired) electrons.